The Kier molecular flexibility index (Phi) is 7.74. The third kappa shape index (κ3) is 4.65. The van der Waals surface area contributed by atoms with Crippen LogP contribution in [0, 0.1) is 0 Å². The summed E-state index contributed by atoms with van der Waals surface area (Å²) in [6.45, 7) is 0. The van der Waals surface area contributed by atoms with Gasteiger partial charge in [0.2, 0.25) is 0 Å². The van der Waals surface area contributed by atoms with Crippen molar-refractivity contribution in [2.75, 3.05) is 7.11 Å². The lowest BCUT2D eigenvalue weighted by Crippen LogP contribution is -2.70. The number of aliphatic hydroxyl groups is 1. The molecule has 19 heteroatoms. The minimum absolute atomic E-state index is 0.0404. The molecule has 0 saturated heterocycles. The maximum atomic E-state index is 14.1. The lowest BCUT2D eigenvalue weighted by molar-refractivity contribution is -0.443. The van der Waals surface area contributed by atoms with Gasteiger partial charge < -0.3 is 9.84 Å². The molecule has 0 fully saturated rings. The summed E-state index contributed by atoms with van der Waals surface area (Å²) in [5, 5.41) is 9.80. The topological polar surface area (TPSA) is 46.5 Å². The number of esters is 1. The molecular weight excluding hydrogens is 556 g/mol. The maximum absolute atomic E-state index is 14.1. The first kappa shape index (κ1) is 31.6. The summed E-state index contributed by atoms with van der Waals surface area (Å²) in [6, 6.07) is 0.991. The number of methoxy groups -OCH3 is 1. The summed E-state index contributed by atoms with van der Waals surface area (Å²) in [4.78, 5) is 11.4. The number of carbonyl (C=O) groups excluding carboxylic acids is 1. The zero-order valence-corrected chi connectivity index (χ0v) is 16.8. The molecule has 0 amide bonds. The fourth-order valence-electron chi connectivity index (χ4n) is 2.62. The van der Waals surface area contributed by atoms with Crippen LogP contribution in [-0.2, 0) is 10.3 Å². The molecule has 0 heterocycles. The monoisotopic (exact) mass is 566 g/mol. The molecule has 0 aromatic heterocycles. The first-order chi connectivity index (χ1) is 15.7. The summed E-state index contributed by atoms with van der Waals surface area (Å²) in [5.41, 5.74) is -8.28. The van der Waals surface area contributed by atoms with Gasteiger partial charge in [-0.25, -0.2) is 4.79 Å². The van der Waals surface area contributed by atoms with Gasteiger partial charge in [-0.05, 0) is 17.7 Å². The minimum Gasteiger partial charge on any atom is -0.465 e. The SMILES string of the molecule is COC(=O)c1cccc(C(O)(CC(F)(F)C(F)(F)C(F)(F)C(F)(F)C(F)(F)C(F)(F)F)C(F)(F)F)c1. The van der Waals surface area contributed by atoms with Crippen LogP contribution in [0.2, 0.25) is 0 Å². The Morgan fingerprint density at radius 3 is 1.56 bits per heavy atom. The molecule has 36 heavy (non-hydrogen) atoms. The molecule has 208 valence electrons. The molecule has 1 aromatic rings. The van der Waals surface area contributed by atoms with Crippen LogP contribution >= 0.6 is 0 Å². The molecule has 0 aliphatic heterocycles. The number of halogens is 16. The van der Waals surface area contributed by atoms with Crippen molar-refractivity contribution < 1.29 is 84.9 Å². The van der Waals surface area contributed by atoms with Crippen LogP contribution in [-0.4, -0.2) is 60.2 Å². The largest absolute Gasteiger partial charge is 0.465 e. The smallest absolute Gasteiger partial charge is 0.460 e. The molecule has 1 aromatic carbocycles. The fraction of sp³-hybridized carbons (Fsp3) is 0.588. The van der Waals surface area contributed by atoms with Crippen LogP contribution < -0.4 is 0 Å². The number of rotatable bonds is 8. The zero-order valence-electron chi connectivity index (χ0n) is 16.8. The van der Waals surface area contributed by atoms with Crippen LogP contribution in [0.15, 0.2) is 24.3 Å². The third-order valence-electron chi connectivity index (χ3n) is 4.71. The Morgan fingerprint density at radius 2 is 1.17 bits per heavy atom. The van der Waals surface area contributed by atoms with Crippen molar-refractivity contribution >= 4 is 5.97 Å². The molecule has 0 aliphatic carbocycles. The summed E-state index contributed by atoms with van der Waals surface area (Å²) in [7, 11) is 0.651. The Morgan fingerprint density at radius 1 is 0.722 bits per heavy atom. The lowest BCUT2D eigenvalue weighted by Gasteiger charge is -2.42. The second-order valence-corrected chi connectivity index (χ2v) is 7.11. The molecule has 1 unspecified atom stereocenters. The van der Waals surface area contributed by atoms with E-state index < -0.39 is 71.1 Å². The molecule has 0 radical (unpaired) electrons. The summed E-state index contributed by atoms with van der Waals surface area (Å²) < 4.78 is 216. The Balaban J connectivity index is 3.73. The van der Waals surface area contributed by atoms with E-state index in [0.29, 0.717) is 19.2 Å². The Hall–Kier alpha value is -2.47. The molecule has 1 N–H and O–H groups in total. The molecule has 0 aliphatic rings. The Bertz CT molecular complexity index is 965. The second-order valence-electron chi connectivity index (χ2n) is 7.11. The van der Waals surface area contributed by atoms with E-state index in [1.54, 1.807) is 0 Å². The van der Waals surface area contributed by atoms with Gasteiger partial charge in [0, 0.05) is 0 Å². The van der Waals surface area contributed by atoms with Gasteiger partial charge in [0.25, 0.3) is 0 Å². The van der Waals surface area contributed by atoms with Crippen LogP contribution in [0.25, 0.3) is 0 Å². The highest BCUT2D eigenvalue weighted by Gasteiger charge is 2.91. The highest BCUT2D eigenvalue weighted by atomic mass is 19.4. The lowest BCUT2D eigenvalue weighted by atomic mass is 9.82. The molecule has 3 nitrogen and oxygen atoms in total. The van der Waals surface area contributed by atoms with Gasteiger partial charge in [-0.3, -0.25) is 0 Å². The highest BCUT2D eigenvalue weighted by molar-refractivity contribution is 5.89. The molecule has 1 rings (SSSR count). The van der Waals surface area contributed by atoms with Crippen molar-refractivity contribution in [2.45, 2.75) is 54.0 Å². The van der Waals surface area contributed by atoms with E-state index in [0.717, 1.165) is 0 Å². The number of ether oxygens (including phenoxy) is 1. The van der Waals surface area contributed by atoms with E-state index in [9.17, 15) is 80.1 Å². The maximum Gasteiger partial charge on any atom is 0.460 e. The zero-order chi connectivity index (χ0) is 29.0. The summed E-state index contributed by atoms with van der Waals surface area (Å²) >= 11 is 0. The number of alkyl halides is 16. The van der Waals surface area contributed by atoms with Crippen molar-refractivity contribution in [1.29, 1.82) is 0 Å². The minimum atomic E-state index is -8.34. The predicted octanol–water partition coefficient (Wildman–Crippen LogP) is 6.35. The number of hydrogen-bond donors (Lipinski definition) is 1. The van der Waals surface area contributed by atoms with Crippen molar-refractivity contribution in [1.82, 2.24) is 0 Å². The predicted molar refractivity (Wildman–Crippen MR) is 83.1 cm³/mol. The summed E-state index contributed by atoms with van der Waals surface area (Å²) in [6.07, 6.45) is -18.2. The van der Waals surface area contributed by atoms with Gasteiger partial charge in [0.15, 0.2) is 5.60 Å². The highest BCUT2D eigenvalue weighted by Crippen LogP contribution is 2.62. The van der Waals surface area contributed by atoms with Crippen molar-refractivity contribution in [3.8, 4) is 0 Å². The summed E-state index contributed by atoms with van der Waals surface area (Å²) in [5.74, 6) is -41.5. The van der Waals surface area contributed by atoms with E-state index in [1.165, 1.54) is 0 Å². The van der Waals surface area contributed by atoms with Gasteiger partial charge in [-0.15, -0.1) is 0 Å². The van der Waals surface area contributed by atoms with Crippen molar-refractivity contribution in [2.24, 2.45) is 0 Å². The van der Waals surface area contributed by atoms with Crippen molar-refractivity contribution in [3.63, 3.8) is 0 Å². The second kappa shape index (κ2) is 8.83. The van der Waals surface area contributed by atoms with Gasteiger partial charge in [0.1, 0.15) is 0 Å². The van der Waals surface area contributed by atoms with E-state index >= 15 is 0 Å². The van der Waals surface area contributed by atoms with E-state index in [2.05, 4.69) is 4.74 Å². The molecular formula is C17H10F16O3. The van der Waals surface area contributed by atoms with E-state index in [4.69, 9.17) is 0 Å². The number of carbonyl (C=O) groups is 1. The Labute approximate surface area is 188 Å². The molecule has 0 saturated carbocycles. The fourth-order valence-corrected chi connectivity index (χ4v) is 2.62. The number of benzene rings is 1. The average Bonchev–Trinajstić information content (AvgIpc) is 2.70. The standard InChI is InChI=1S/C17H10F16O3/c1-36-9(34)7-3-2-4-8(5-7)10(35,16(28,29)30)6-11(18,19)12(20,21)13(22,23)14(24,25)15(26,27)17(31,32)33/h2-5,35H,6H2,1H3. The average molecular weight is 566 g/mol. The van der Waals surface area contributed by atoms with Gasteiger partial charge in [-0.2, -0.15) is 70.2 Å². The molecule has 0 bridgehead atoms. The molecule has 1 atom stereocenters. The van der Waals surface area contributed by atoms with Gasteiger partial charge >= 0.3 is 47.9 Å². The van der Waals surface area contributed by atoms with E-state index in [-0.39, 0.29) is 12.1 Å². The van der Waals surface area contributed by atoms with Crippen LogP contribution in [0.3, 0.4) is 0 Å². The van der Waals surface area contributed by atoms with Crippen LogP contribution in [0.1, 0.15) is 22.3 Å². The molecule has 0 spiro atoms. The quantitative estimate of drug-likeness (QED) is 0.295. The first-order valence-corrected chi connectivity index (χ1v) is 8.59. The van der Waals surface area contributed by atoms with E-state index in [1.807, 2.05) is 0 Å². The number of hydrogen-bond acceptors (Lipinski definition) is 3. The van der Waals surface area contributed by atoms with Gasteiger partial charge in [0.05, 0.1) is 19.1 Å². The normalized spacial score (nSPS) is 16.5. The van der Waals surface area contributed by atoms with Crippen molar-refractivity contribution in [3.05, 3.63) is 35.4 Å². The van der Waals surface area contributed by atoms with Crippen LogP contribution in [0.5, 0.6) is 0 Å². The third-order valence-corrected chi connectivity index (χ3v) is 4.71. The van der Waals surface area contributed by atoms with Crippen LogP contribution in [0.4, 0.5) is 70.2 Å². The van der Waals surface area contributed by atoms with Gasteiger partial charge in [-0.1, -0.05) is 12.1 Å². The first-order valence-electron chi connectivity index (χ1n) is 8.59.